The van der Waals surface area contributed by atoms with Crippen molar-refractivity contribution in [2.24, 2.45) is 0 Å². The molecule has 1 heterocycles. The van der Waals surface area contributed by atoms with Crippen molar-refractivity contribution < 1.29 is 0 Å². The first-order valence-corrected chi connectivity index (χ1v) is 7.00. The van der Waals surface area contributed by atoms with Gasteiger partial charge in [0, 0.05) is 19.9 Å². The Hall–Kier alpha value is -1.55. The molecular weight excluding hydrogens is 333 g/mol. The van der Waals surface area contributed by atoms with Gasteiger partial charge in [-0.25, -0.2) is 0 Å². The lowest BCUT2D eigenvalue weighted by atomic mass is 10.0. The Labute approximate surface area is 118 Å². The highest BCUT2D eigenvalue weighted by molar-refractivity contribution is 14.1. The molecule has 0 fully saturated rings. The molecule has 18 heavy (non-hydrogen) atoms. The molecule has 0 amide bonds. The molecule has 4 aromatic rings. The molecule has 0 aliphatic rings. The summed E-state index contributed by atoms with van der Waals surface area (Å²) in [5.74, 6) is 0. The van der Waals surface area contributed by atoms with Crippen molar-refractivity contribution in [3.05, 3.63) is 58.2 Å². The number of aromatic amines is 1. The number of benzene rings is 3. The molecule has 0 saturated carbocycles. The third-order valence-electron chi connectivity index (χ3n) is 3.47. The number of nitrogens with one attached hydrogen (secondary N) is 1. The second kappa shape index (κ2) is 3.72. The summed E-state index contributed by atoms with van der Waals surface area (Å²) in [7, 11) is 0. The highest BCUT2D eigenvalue weighted by Gasteiger charge is 2.09. The second-order valence-corrected chi connectivity index (χ2v) is 5.66. The second-order valence-electron chi connectivity index (χ2n) is 4.50. The van der Waals surface area contributed by atoms with E-state index in [-0.39, 0.29) is 0 Å². The maximum Gasteiger partial charge on any atom is 0.0600 e. The zero-order chi connectivity index (χ0) is 12.1. The van der Waals surface area contributed by atoms with Gasteiger partial charge in [0.15, 0.2) is 0 Å². The average Bonchev–Trinajstić information content (AvgIpc) is 2.79. The van der Waals surface area contributed by atoms with Crippen LogP contribution in [0.3, 0.4) is 0 Å². The van der Waals surface area contributed by atoms with E-state index in [1.165, 1.54) is 36.1 Å². The standard InChI is InChI=1S/C16H10IN/c17-13-7-3-6-12-15-11-5-2-1-4-10(11)8-9-14(15)18-16(12)13/h1-9,18H. The van der Waals surface area contributed by atoms with E-state index in [1.807, 2.05) is 0 Å². The Morgan fingerprint density at radius 1 is 0.778 bits per heavy atom. The van der Waals surface area contributed by atoms with Crippen LogP contribution in [0.15, 0.2) is 54.6 Å². The van der Waals surface area contributed by atoms with Gasteiger partial charge >= 0.3 is 0 Å². The minimum absolute atomic E-state index is 1.22. The fourth-order valence-corrected chi connectivity index (χ4v) is 3.29. The molecule has 3 aromatic carbocycles. The van der Waals surface area contributed by atoms with E-state index in [0.717, 1.165) is 0 Å². The molecule has 0 aliphatic carbocycles. The maximum atomic E-state index is 3.53. The normalized spacial score (nSPS) is 11.6. The average molecular weight is 343 g/mol. The number of rotatable bonds is 0. The van der Waals surface area contributed by atoms with Gasteiger partial charge in [0.2, 0.25) is 0 Å². The smallest absolute Gasteiger partial charge is 0.0600 e. The van der Waals surface area contributed by atoms with Crippen molar-refractivity contribution >= 4 is 55.2 Å². The van der Waals surface area contributed by atoms with Crippen LogP contribution in [0.2, 0.25) is 0 Å². The van der Waals surface area contributed by atoms with Gasteiger partial charge in [-0.3, -0.25) is 0 Å². The Morgan fingerprint density at radius 2 is 1.61 bits per heavy atom. The van der Waals surface area contributed by atoms with Gasteiger partial charge in [-0.1, -0.05) is 42.5 Å². The fourth-order valence-electron chi connectivity index (χ4n) is 2.66. The van der Waals surface area contributed by atoms with E-state index in [0.29, 0.717) is 0 Å². The number of H-pyrrole nitrogens is 1. The third-order valence-corrected chi connectivity index (χ3v) is 4.37. The van der Waals surface area contributed by atoms with E-state index in [9.17, 15) is 0 Å². The number of halogens is 1. The molecule has 86 valence electrons. The van der Waals surface area contributed by atoms with Gasteiger partial charge in [-0.15, -0.1) is 0 Å². The molecule has 4 rings (SSSR count). The van der Waals surface area contributed by atoms with Crippen molar-refractivity contribution in [3.63, 3.8) is 0 Å². The summed E-state index contributed by atoms with van der Waals surface area (Å²) in [5.41, 5.74) is 2.46. The minimum atomic E-state index is 1.22. The van der Waals surface area contributed by atoms with E-state index >= 15 is 0 Å². The lowest BCUT2D eigenvalue weighted by molar-refractivity contribution is 1.53. The summed E-state index contributed by atoms with van der Waals surface area (Å²) in [5, 5.41) is 5.27. The van der Waals surface area contributed by atoms with Gasteiger partial charge in [0.1, 0.15) is 0 Å². The summed E-state index contributed by atoms with van der Waals surface area (Å²) in [6, 6.07) is 19.4. The predicted octanol–water partition coefficient (Wildman–Crippen LogP) is 5.08. The Bertz CT molecular complexity index is 889. The quantitative estimate of drug-likeness (QED) is 0.429. The Morgan fingerprint density at radius 3 is 2.56 bits per heavy atom. The number of hydrogen-bond acceptors (Lipinski definition) is 0. The molecule has 1 aromatic heterocycles. The van der Waals surface area contributed by atoms with Gasteiger partial charge in [-0.2, -0.15) is 0 Å². The number of aromatic nitrogens is 1. The topological polar surface area (TPSA) is 15.8 Å². The van der Waals surface area contributed by atoms with Crippen molar-refractivity contribution in [1.82, 2.24) is 4.98 Å². The van der Waals surface area contributed by atoms with Crippen molar-refractivity contribution in [1.29, 1.82) is 0 Å². The van der Waals surface area contributed by atoms with Gasteiger partial charge in [0.05, 0.1) is 5.52 Å². The molecule has 0 unspecified atom stereocenters. The van der Waals surface area contributed by atoms with Crippen molar-refractivity contribution in [2.45, 2.75) is 0 Å². The zero-order valence-electron chi connectivity index (χ0n) is 9.57. The van der Waals surface area contributed by atoms with Crippen LogP contribution in [0.25, 0.3) is 32.6 Å². The van der Waals surface area contributed by atoms with Crippen LogP contribution in [-0.2, 0) is 0 Å². The predicted molar refractivity (Wildman–Crippen MR) is 86.0 cm³/mol. The van der Waals surface area contributed by atoms with Gasteiger partial charge in [-0.05, 0) is 45.5 Å². The first-order valence-electron chi connectivity index (χ1n) is 5.92. The lowest BCUT2D eigenvalue weighted by Crippen LogP contribution is -1.74. The summed E-state index contributed by atoms with van der Waals surface area (Å²) < 4.78 is 1.27. The molecule has 0 bridgehead atoms. The van der Waals surface area contributed by atoms with E-state index in [1.54, 1.807) is 0 Å². The van der Waals surface area contributed by atoms with Crippen molar-refractivity contribution in [3.8, 4) is 0 Å². The summed E-state index contributed by atoms with van der Waals surface area (Å²) in [6.45, 7) is 0. The zero-order valence-corrected chi connectivity index (χ0v) is 11.7. The van der Waals surface area contributed by atoms with Crippen LogP contribution < -0.4 is 0 Å². The van der Waals surface area contributed by atoms with Gasteiger partial charge < -0.3 is 4.98 Å². The summed E-state index contributed by atoms with van der Waals surface area (Å²) in [4.78, 5) is 3.53. The number of para-hydroxylation sites is 1. The first-order chi connectivity index (χ1) is 8.84. The van der Waals surface area contributed by atoms with E-state index in [2.05, 4.69) is 82.2 Å². The van der Waals surface area contributed by atoms with Crippen LogP contribution in [0.5, 0.6) is 0 Å². The highest BCUT2D eigenvalue weighted by atomic mass is 127. The molecule has 0 aliphatic heterocycles. The lowest BCUT2D eigenvalue weighted by Gasteiger charge is -1.99. The molecule has 0 atom stereocenters. The Balaban J connectivity index is 2.37. The third kappa shape index (κ3) is 1.32. The number of fused-ring (bicyclic) bond motifs is 5. The molecule has 0 saturated heterocycles. The van der Waals surface area contributed by atoms with Crippen LogP contribution in [0.4, 0.5) is 0 Å². The number of hydrogen-bond donors (Lipinski definition) is 1. The van der Waals surface area contributed by atoms with Crippen molar-refractivity contribution in [2.75, 3.05) is 0 Å². The van der Waals surface area contributed by atoms with Crippen LogP contribution in [0, 0.1) is 3.57 Å². The highest BCUT2D eigenvalue weighted by Crippen LogP contribution is 2.33. The van der Waals surface area contributed by atoms with E-state index in [4.69, 9.17) is 0 Å². The van der Waals surface area contributed by atoms with E-state index < -0.39 is 0 Å². The molecule has 0 radical (unpaired) electrons. The van der Waals surface area contributed by atoms with Crippen LogP contribution in [-0.4, -0.2) is 4.98 Å². The first kappa shape index (κ1) is 10.4. The molecule has 0 spiro atoms. The van der Waals surface area contributed by atoms with Gasteiger partial charge in [0.25, 0.3) is 0 Å². The monoisotopic (exact) mass is 343 g/mol. The SMILES string of the molecule is Ic1cccc2c1[nH]c1ccc3ccccc3c12. The maximum absolute atomic E-state index is 3.53. The Kier molecular flexibility index (Phi) is 2.14. The fraction of sp³-hybridized carbons (Fsp3) is 0. The molecule has 1 nitrogen and oxygen atoms in total. The largest absolute Gasteiger partial charge is 0.354 e. The van der Waals surface area contributed by atoms with Crippen LogP contribution >= 0.6 is 22.6 Å². The molecule has 1 N–H and O–H groups in total. The van der Waals surface area contributed by atoms with Crippen LogP contribution in [0.1, 0.15) is 0 Å². The summed E-state index contributed by atoms with van der Waals surface area (Å²) in [6.07, 6.45) is 0. The molecular formula is C16H10IN. The minimum Gasteiger partial charge on any atom is -0.354 e. The molecule has 2 heteroatoms. The summed E-state index contributed by atoms with van der Waals surface area (Å²) >= 11 is 2.39.